The first-order chi connectivity index (χ1) is 18.2. The molecule has 2 aliphatic heterocycles. The van der Waals surface area contributed by atoms with Crippen LogP contribution < -0.4 is 19.5 Å². The summed E-state index contributed by atoms with van der Waals surface area (Å²) in [5.41, 5.74) is 0.699. The summed E-state index contributed by atoms with van der Waals surface area (Å²) < 4.78 is 56.2. The van der Waals surface area contributed by atoms with Crippen molar-refractivity contribution in [2.24, 2.45) is 5.92 Å². The molecule has 0 spiro atoms. The number of hydrogen-bond donors (Lipinski definition) is 1. The first-order valence-corrected chi connectivity index (χ1v) is 12.0. The van der Waals surface area contributed by atoms with Crippen molar-refractivity contribution < 1.29 is 37.0 Å². The van der Waals surface area contributed by atoms with E-state index < -0.39 is 23.6 Å². The highest BCUT2D eigenvalue weighted by atomic mass is 19.4. The Morgan fingerprint density at radius 2 is 1.79 bits per heavy atom. The van der Waals surface area contributed by atoms with E-state index in [0.29, 0.717) is 28.4 Å². The molecule has 10 heteroatoms. The van der Waals surface area contributed by atoms with Crippen molar-refractivity contribution in [2.45, 2.75) is 18.6 Å². The maximum absolute atomic E-state index is 13.4. The Balaban J connectivity index is 1.39. The molecule has 1 fully saturated rings. The third-order valence-corrected chi connectivity index (χ3v) is 6.81. The minimum Gasteiger partial charge on any atom is -0.497 e. The SMILES string of the molecule is COc1cccc(C(=O)N2CC(C(=O)NCc3ccc4c(c3)OCO4)C(c3cccc(C(F)(F)F)c3)C2)c1. The number of halogens is 3. The largest absolute Gasteiger partial charge is 0.497 e. The molecule has 1 saturated heterocycles. The Morgan fingerprint density at radius 1 is 1.00 bits per heavy atom. The smallest absolute Gasteiger partial charge is 0.416 e. The summed E-state index contributed by atoms with van der Waals surface area (Å²) in [7, 11) is 1.49. The topological polar surface area (TPSA) is 77.1 Å². The molecule has 38 heavy (non-hydrogen) atoms. The number of carbonyl (C=O) groups is 2. The highest BCUT2D eigenvalue weighted by Crippen LogP contribution is 2.38. The van der Waals surface area contributed by atoms with Gasteiger partial charge in [0.2, 0.25) is 12.7 Å². The molecule has 1 N–H and O–H groups in total. The van der Waals surface area contributed by atoms with Crippen LogP contribution in [0.5, 0.6) is 17.2 Å². The van der Waals surface area contributed by atoms with Crippen LogP contribution in [0.3, 0.4) is 0 Å². The van der Waals surface area contributed by atoms with Crippen molar-refractivity contribution in [3.8, 4) is 17.2 Å². The van der Waals surface area contributed by atoms with Gasteiger partial charge in [-0.05, 0) is 47.5 Å². The van der Waals surface area contributed by atoms with E-state index in [1.54, 1.807) is 48.5 Å². The summed E-state index contributed by atoms with van der Waals surface area (Å²) in [5.74, 6) is -0.354. The molecule has 198 valence electrons. The Hall–Kier alpha value is -4.21. The molecule has 2 unspecified atom stereocenters. The molecular formula is C28H25F3N2O5. The molecule has 0 bridgehead atoms. The van der Waals surface area contributed by atoms with Gasteiger partial charge >= 0.3 is 6.18 Å². The fourth-order valence-electron chi connectivity index (χ4n) is 4.83. The zero-order valence-electron chi connectivity index (χ0n) is 20.5. The van der Waals surface area contributed by atoms with Crippen LogP contribution >= 0.6 is 0 Å². The number of amides is 2. The number of ether oxygens (including phenoxy) is 3. The maximum atomic E-state index is 13.4. The number of carbonyl (C=O) groups excluding carboxylic acids is 2. The van der Waals surface area contributed by atoms with Gasteiger partial charge in [0, 0.05) is 31.1 Å². The molecular weight excluding hydrogens is 501 g/mol. The molecule has 5 rings (SSSR count). The van der Waals surface area contributed by atoms with E-state index in [4.69, 9.17) is 14.2 Å². The van der Waals surface area contributed by atoms with Gasteiger partial charge in [-0.1, -0.05) is 30.3 Å². The van der Waals surface area contributed by atoms with E-state index in [-0.39, 0.29) is 38.2 Å². The van der Waals surface area contributed by atoms with Crippen molar-refractivity contribution >= 4 is 11.8 Å². The number of alkyl halides is 3. The number of rotatable bonds is 6. The van der Waals surface area contributed by atoms with Gasteiger partial charge in [-0.2, -0.15) is 13.2 Å². The lowest BCUT2D eigenvalue weighted by Gasteiger charge is -2.19. The molecule has 0 saturated carbocycles. The average molecular weight is 527 g/mol. The molecule has 2 amide bonds. The van der Waals surface area contributed by atoms with Gasteiger partial charge in [0.25, 0.3) is 5.91 Å². The highest BCUT2D eigenvalue weighted by Gasteiger charge is 2.41. The molecule has 0 aliphatic carbocycles. The van der Waals surface area contributed by atoms with Crippen molar-refractivity contribution in [1.82, 2.24) is 10.2 Å². The summed E-state index contributed by atoms with van der Waals surface area (Å²) in [4.78, 5) is 28.2. The van der Waals surface area contributed by atoms with E-state index >= 15 is 0 Å². The van der Waals surface area contributed by atoms with Crippen LogP contribution in [-0.4, -0.2) is 43.7 Å². The minimum absolute atomic E-state index is 0.0595. The van der Waals surface area contributed by atoms with Crippen LogP contribution in [0.4, 0.5) is 13.2 Å². The lowest BCUT2D eigenvalue weighted by atomic mass is 9.87. The molecule has 3 aromatic carbocycles. The summed E-state index contributed by atoms with van der Waals surface area (Å²) in [5, 5.41) is 2.88. The van der Waals surface area contributed by atoms with Crippen LogP contribution in [0.25, 0.3) is 0 Å². The summed E-state index contributed by atoms with van der Waals surface area (Å²) in [6.07, 6.45) is -4.53. The monoisotopic (exact) mass is 526 g/mol. The Bertz CT molecular complexity index is 1360. The molecule has 0 radical (unpaired) electrons. The molecule has 2 aliphatic rings. The third-order valence-electron chi connectivity index (χ3n) is 6.81. The van der Waals surface area contributed by atoms with Gasteiger partial charge in [0.05, 0.1) is 18.6 Å². The van der Waals surface area contributed by atoms with Crippen LogP contribution in [0.1, 0.15) is 33.0 Å². The number of benzene rings is 3. The standard InChI is InChI=1S/C28H25F3N2O5/c1-36-21-7-3-5-19(12-21)27(35)33-14-22(18-4-2-6-20(11-18)28(29,30)31)23(15-33)26(34)32-13-17-8-9-24-25(10-17)38-16-37-24/h2-12,22-23H,13-16H2,1H3,(H,32,34). The number of nitrogens with zero attached hydrogens (tertiary/aromatic N) is 1. The van der Waals surface area contributed by atoms with Crippen molar-refractivity contribution in [3.05, 3.63) is 89.0 Å². The maximum Gasteiger partial charge on any atom is 0.416 e. The normalized spacial score (nSPS) is 18.4. The highest BCUT2D eigenvalue weighted by molar-refractivity contribution is 5.95. The van der Waals surface area contributed by atoms with E-state index in [0.717, 1.165) is 17.7 Å². The number of likely N-dealkylation sites (tertiary alicyclic amines) is 1. The Labute approximate surface area is 217 Å². The van der Waals surface area contributed by atoms with Crippen LogP contribution in [0.2, 0.25) is 0 Å². The predicted molar refractivity (Wildman–Crippen MR) is 131 cm³/mol. The second-order valence-corrected chi connectivity index (χ2v) is 9.18. The number of nitrogens with one attached hydrogen (secondary N) is 1. The first kappa shape index (κ1) is 25.4. The number of hydrogen-bond acceptors (Lipinski definition) is 5. The van der Waals surface area contributed by atoms with E-state index in [1.807, 2.05) is 0 Å². The lowest BCUT2D eigenvalue weighted by molar-refractivity contribution is -0.137. The van der Waals surface area contributed by atoms with E-state index in [1.165, 1.54) is 18.1 Å². The Kier molecular flexibility index (Phi) is 6.88. The predicted octanol–water partition coefficient (Wildman–Crippen LogP) is 4.61. The fourth-order valence-corrected chi connectivity index (χ4v) is 4.83. The summed E-state index contributed by atoms with van der Waals surface area (Å²) in [6.45, 7) is 0.470. The van der Waals surface area contributed by atoms with Crippen molar-refractivity contribution in [1.29, 1.82) is 0 Å². The van der Waals surface area contributed by atoms with Crippen LogP contribution in [0.15, 0.2) is 66.7 Å². The fraction of sp³-hybridized carbons (Fsp3) is 0.286. The van der Waals surface area contributed by atoms with Gasteiger partial charge in [0.15, 0.2) is 11.5 Å². The second-order valence-electron chi connectivity index (χ2n) is 9.18. The minimum atomic E-state index is -4.53. The second kappa shape index (κ2) is 10.3. The molecule has 3 aromatic rings. The average Bonchev–Trinajstić information content (AvgIpc) is 3.58. The van der Waals surface area contributed by atoms with Gasteiger partial charge < -0.3 is 24.4 Å². The van der Waals surface area contributed by atoms with Gasteiger partial charge in [-0.15, -0.1) is 0 Å². The lowest BCUT2D eigenvalue weighted by Crippen LogP contribution is -2.35. The Morgan fingerprint density at radius 3 is 2.58 bits per heavy atom. The van der Waals surface area contributed by atoms with Gasteiger partial charge in [-0.3, -0.25) is 9.59 Å². The zero-order chi connectivity index (χ0) is 26.9. The van der Waals surface area contributed by atoms with E-state index in [9.17, 15) is 22.8 Å². The molecule has 7 nitrogen and oxygen atoms in total. The van der Waals surface area contributed by atoms with Crippen LogP contribution in [-0.2, 0) is 17.5 Å². The van der Waals surface area contributed by atoms with Gasteiger partial charge in [0.1, 0.15) is 5.75 Å². The molecule has 2 heterocycles. The zero-order valence-corrected chi connectivity index (χ0v) is 20.5. The summed E-state index contributed by atoms with van der Waals surface area (Å²) in [6, 6.07) is 16.9. The van der Waals surface area contributed by atoms with E-state index in [2.05, 4.69) is 5.32 Å². The molecule has 0 aromatic heterocycles. The number of methoxy groups -OCH3 is 1. The third kappa shape index (κ3) is 5.25. The molecule has 2 atom stereocenters. The van der Waals surface area contributed by atoms with Crippen molar-refractivity contribution in [3.63, 3.8) is 0 Å². The summed E-state index contributed by atoms with van der Waals surface area (Å²) >= 11 is 0. The first-order valence-electron chi connectivity index (χ1n) is 12.0. The van der Waals surface area contributed by atoms with Gasteiger partial charge in [-0.25, -0.2) is 0 Å². The number of fused-ring (bicyclic) bond motifs is 1. The quantitative estimate of drug-likeness (QED) is 0.508. The van der Waals surface area contributed by atoms with Crippen molar-refractivity contribution in [2.75, 3.05) is 27.0 Å². The van der Waals surface area contributed by atoms with Crippen LogP contribution in [0, 0.1) is 5.92 Å².